The Balaban J connectivity index is 4.01. The van der Waals surface area contributed by atoms with Crippen molar-refractivity contribution in [1.29, 1.82) is 0 Å². The summed E-state index contributed by atoms with van der Waals surface area (Å²) in [4.78, 5) is 2.32. The highest BCUT2D eigenvalue weighted by Gasteiger charge is 2.23. The molecule has 0 fully saturated rings. The molecular formula is C10H24N2. The van der Waals surface area contributed by atoms with Crippen LogP contribution >= 0.6 is 0 Å². The van der Waals surface area contributed by atoms with Crippen LogP contribution in [0.25, 0.3) is 0 Å². The first-order chi connectivity index (χ1) is 5.25. The third kappa shape index (κ3) is 4.07. The van der Waals surface area contributed by atoms with Crippen LogP contribution in [0.4, 0.5) is 0 Å². The van der Waals surface area contributed by atoms with Crippen molar-refractivity contribution in [2.45, 2.75) is 46.7 Å². The summed E-state index contributed by atoms with van der Waals surface area (Å²) in [6, 6.07) is 0.836. The Morgan fingerprint density at radius 1 is 1.25 bits per heavy atom. The van der Waals surface area contributed by atoms with Gasteiger partial charge in [0.2, 0.25) is 0 Å². The lowest BCUT2D eigenvalue weighted by molar-refractivity contribution is 0.136. The molecule has 0 bridgehead atoms. The van der Waals surface area contributed by atoms with E-state index in [0.29, 0.717) is 11.5 Å². The van der Waals surface area contributed by atoms with E-state index in [1.165, 1.54) is 0 Å². The monoisotopic (exact) mass is 172 g/mol. The van der Waals surface area contributed by atoms with E-state index in [2.05, 4.69) is 39.6 Å². The summed E-state index contributed by atoms with van der Waals surface area (Å²) in [5, 5.41) is 0. The van der Waals surface area contributed by atoms with Gasteiger partial charge in [-0.1, -0.05) is 20.8 Å². The van der Waals surface area contributed by atoms with Crippen LogP contribution in [0.15, 0.2) is 0 Å². The van der Waals surface area contributed by atoms with Gasteiger partial charge >= 0.3 is 0 Å². The van der Waals surface area contributed by atoms with Crippen LogP contribution in [0.5, 0.6) is 0 Å². The molecule has 0 aromatic carbocycles. The lowest BCUT2D eigenvalue weighted by atomic mass is 9.87. The molecule has 2 heteroatoms. The summed E-state index contributed by atoms with van der Waals surface area (Å²) in [5.74, 6) is 0. The lowest BCUT2D eigenvalue weighted by Crippen LogP contribution is -2.44. The van der Waals surface area contributed by atoms with Gasteiger partial charge in [-0.25, -0.2) is 0 Å². The topological polar surface area (TPSA) is 29.3 Å². The smallest absolute Gasteiger partial charge is 0.0139 e. The lowest BCUT2D eigenvalue weighted by Gasteiger charge is -2.36. The Morgan fingerprint density at radius 2 is 1.67 bits per heavy atom. The van der Waals surface area contributed by atoms with Crippen LogP contribution in [-0.4, -0.2) is 30.6 Å². The van der Waals surface area contributed by atoms with Crippen molar-refractivity contribution in [3.63, 3.8) is 0 Å². The first-order valence-corrected chi connectivity index (χ1v) is 4.71. The Hall–Kier alpha value is -0.0800. The molecule has 0 aliphatic rings. The molecule has 0 aromatic heterocycles. The average molecular weight is 172 g/mol. The zero-order chi connectivity index (χ0) is 9.94. The minimum atomic E-state index is 0.264. The Morgan fingerprint density at radius 3 is 1.92 bits per heavy atom. The highest BCUT2D eigenvalue weighted by molar-refractivity contribution is 4.78. The van der Waals surface area contributed by atoms with E-state index in [1.54, 1.807) is 0 Å². The van der Waals surface area contributed by atoms with Gasteiger partial charge in [0, 0.05) is 18.6 Å². The van der Waals surface area contributed by atoms with E-state index in [9.17, 15) is 0 Å². The van der Waals surface area contributed by atoms with Crippen LogP contribution in [0.1, 0.15) is 34.6 Å². The molecule has 0 amide bonds. The number of hydrogen-bond acceptors (Lipinski definition) is 2. The number of rotatable bonds is 3. The Labute approximate surface area is 77.1 Å². The van der Waals surface area contributed by atoms with Gasteiger partial charge in [-0.15, -0.1) is 0 Å². The maximum absolute atomic E-state index is 5.73. The first-order valence-electron chi connectivity index (χ1n) is 4.71. The fraction of sp³-hybridized carbons (Fsp3) is 1.00. The van der Waals surface area contributed by atoms with Gasteiger partial charge in [-0.05, 0) is 26.3 Å². The molecule has 12 heavy (non-hydrogen) atoms. The van der Waals surface area contributed by atoms with Crippen LogP contribution in [0, 0.1) is 5.41 Å². The molecule has 0 rings (SSSR count). The highest BCUT2D eigenvalue weighted by Crippen LogP contribution is 2.22. The van der Waals surface area contributed by atoms with Gasteiger partial charge in [-0.3, -0.25) is 0 Å². The van der Waals surface area contributed by atoms with Gasteiger partial charge < -0.3 is 10.6 Å². The van der Waals surface area contributed by atoms with Crippen LogP contribution in [-0.2, 0) is 0 Å². The minimum Gasteiger partial charge on any atom is -0.327 e. The second-order valence-corrected chi connectivity index (χ2v) is 4.96. The fourth-order valence-electron chi connectivity index (χ4n) is 1.27. The van der Waals surface area contributed by atoms with E-state index in [1.807, 2.05) is 6.92 Å². The second kappa shape index (κ2) is 4.24. The second-order valence-electron chi connectivity index (χ2n) is 4.96. The van der Waals surface area contributed by atoms with Crippen molar-refractivity contribution < 1.29 is 0 Å². The van der Waals surface area contributed by atoms with Gasteiger partial charge in [0.1, 0.15) is 0 Å². The molecule has 74 valence electrons. The molecule has 2 nitrogen and oxygen atoms in total. The van der Waals surface area contributed by atoms with E-state index >= 15 is 0 Å². The van der Waals surface area contributed by atoms with Crippen molar-refractivity contribution in [3.05, 3.63) is 0 Å². The predicted molar refractivity (Wildman–Crippen MR) is 55.2 cm³/mol. The Bertz CT molecular complexity index is 124. The van der Waals surface area contributed by atoms with E-state index in [4.69, 9.17) is 5.73 Å². The van der Waals surface area contributed by atoms with Gasteiger partial charge in [0.05, 0.1) is 0 Å². The number of likely N-dealkylation sites (N-methyl/N-ethyl adjacent to an activating group) is 1. The average Bonchev–Trinajstić information content (AvgIpc) is 1.82. The largest absolute Gasteiger partial charge is 0.327 e. The van der Waals surface area contributed by atoms with Crippen molar-refractivity contribution in [2.24, 2.45) is 11.1 Å². The summed E-state index contributed by atoms with van der Waals surface area (Å²) in [7, 11) is 2.14. The normalized spacial score (nSPS) is 18.0. The minimum absolute atomic E-state index is 0.264. The van der Waals surface area contributed by atoms with Crippen molar-refractivity contribution in [2.75, 3.05) is 13.6 Å². The number of hydrogen-bond donors (Lipinski definition) is 1. The van der Waals surface area contributed by atoms with Crippen LogP contribution in [0.3, 0.4) is 0 Å². The van der Waals surface area contributed by atoms with Crippen LogP contribution < -0.4 is 5.73 Å². The maximum atomic E-state index is 5.73. The maximum Gasteiger partial charge on any atom is 0.0139 e. The highest BCUT2D eigenvalue weighted by atomic mass is 15.1. The van der Waals surface area contributed by atoms with Gasteiger partial charge in [0.15, 0.2) is 0 Å². The van der Waals surface area contributed by atoms with Crippen LogP contribution in [0.2, 0.25) is 0 Å². The van der Waals surface area contributed by atoms with E-state index in [0.717, 1.165) is 6.54 Å². The molecule has 0 aliphatic carbocycles. The first kappa shape index (κ1) is 11.9. The zero-order valence-electron chi connectivity index (χ0n) is 9.39. The van der Waals surface area contributed by atoms with Crippen molar-refractivity contribution >= 4 is 0 Å². The third-order valence-corrected chi connectivity index (χ3v) is 2.49. The molecule has 0 saturated carbocycles. The summed E-state index contributed by atoms with van der Waals surface area (Å²) in [6.07, 6.45) is 0. The molecule has 0 aliphatic heterocycles. The SMILES string of the molecule is CC(N(C)C[C@@H](C)N)C(C)(C)C. The summed E-state index contributed by atoms with van der Waals surface area (Å²) in [6.45, 7) is 12.0. The zero-order valence-corrected chi connectivity index (χ0v) is 9.39. The number of nitrogens with two attached hydrogens (primary N) is 1. The summed E-state index contributed by atoms with van der Waals surface area (Å²) < 4.78 is 0. The third-order valence-electron chi connectivity index (χ3n) is 2.49. The van der Waals surface area contributed by atoms with Gasteiger partial charge in [-0.2, -0.15) is 0 Å². The molecule has 2 N–H and O–H groups in total. The molecule has 1 unspecified atom stereocenters. The molecule has 0 heterocycles. The molecule has 0 spiro atoms. The van der Waals surface area contributed by atoms with Crippen molar-refractivity contribution in [3.8, 4) is 0 Å². The molecule has 0 aromatic rings. The summed E-state index contributed by atoms with van der Waals surface area (Å²) in [5.41, 5.74) is 6.07. The van der Waals surface area contributed by atoms with Crippen molar-refractivity contribution in [1.82, 2.24) is 4.90 Å². The molecular weight excluding hydrogens is 148 g/mol. The number of nitrogens with zero attached hydrogens (tertiary/aromatic N) is 1. The Kier molecular flexibility index (Phi) is 4.21. The van der Waals surface area contributed by atoms with E-state index < -0.39 is 0 Å². The molecule has 0 saturated heterocycles. The molecule has 2 atom stereocenters. The quantitative estimate of drug-likeness (QED) is 0.702. The predicted octanol–water partition coefficient (Wildman–Crippen LogP) is 1.70. The standard InChI is InChI=1S/C10H24N2/c1-8(11)7-12(6)9(2)10(3,4)5/h8-9H,7,11H2,1-6H3/t8-,9?/m1/s1. The molecule has 0 radical (unpaired) electrons. The van der Waals surface area contributed by atoms with Gasteiger partial charge in [0.25, 0.3) is 0 Å². The van der Waals surface area contributed by atoms with E-state index in [-0.39, 0.29) is 6.04 Å². The summed E-state index contributed by atoms with van der Waals surface area (Å²) >= 11 is 0. The fourth-order valence-corrected chi connectivity index (χ4v) is 1.27.